The summed E-state index contributed by atoms with van der Waals surface area (Å²) in [4.78, 5) is -0.00931. The van der Waals surface area contributed by atoms with Crippen molar-refractivity contribution in [3.05, 3.63) is 101 Å². The minimum absolute atomic E-state index is 0.00931. The Kier molecular flexibility index (Phi) is 9.30. The fourth-order valence-electron chi connectivity index (χ4n) is 4.19. The van der Waals surface area contributed by atoms with Gasteiger partial charge in [0, 0.05) is 5.56 Å². The fourth-order valence-corrected chi connectivity index (χ4v) is 5.56. The zero-order valence-electron chi connectivity index (χ0n) is 20.6. The Morgan fingerprint density at radius 2 is 1.26 bits per heavy atom. The van der Waals surface area contributed by atoms with E-state index in [1.807, 2.05) is 6.92 Å². The highest BCUT2D eigenvalue weighted by Crippen LogP contribution is 2.53. The molecule has 10 heteroatoms. The van der Waals surface area contributed by atoms with Gasteiger partial charge in [-0.25, -0.2) is 8.42 Å². The summed E-state index contributed by atoms with van der Waals surface area (Å²) in [6, 6.07) is 16.8. The van der Waals surface area contributed by atoms with Crippen molar-refractivity contribution in [1.82, 2.24) is 0 Å². The number of benzene rings is 3. The molecule has 3 nitrogen and oxygen atoms in total. The van der Waals surface area contributed by atoms with Gasteiger partial charge in [0.15, 0.2) is 9.84 Å². The van der Waals surface area contributed by atoms with Crippen LogP contribution in [0.15, 0.2) is 83.8 Å². The molecule has 0 unspecified atom stereocenters. The van der Waals surface area contributed by atoms with Crippen molar-refractivity contribution in [3.63, 3.8) is 0 Å². The Hall–Kier alpha value is -2.85. The molecule has 0 atom stereocenters. The maximum absolute atomic E-state index is 14.3. The first kappa shape index (κ1) is 29.7. The van der Waals surface area contributed by atoms with E-state index >= 15 is 0 Å². The van der Waals surface area contributed by atoms with Crippen LogP contribution in [0.4, 0.5) is 26.3 Å². The molecule has 0 N–H and O–H groups in total. The van der Waals surface area contributed by atoms with Crippen molar-refractivity contribution in [1.29, 1.82) is 0 Å². The van der Waals surface area contributed by atoms with E-state index in [1.165, 1.54) is 36.4 Å². The van der Waals surface area contributed by atoms with Crippen molar-refractivity contribution >= 4 is 9.84 Å². The number of hydrogen-bond acceptors (Lipinski definition) is 3. The minimum Gasteiger partial charge on any atom is -0.349 e. The van der Waals surface area contributed by atoms with E-state index in [9.17, 15) is 34.8 Å². The standard InChI is InChI=1S/C28H28F6O3S/c1-2-3-5-10-22-11-8-9-12-23(22)19-37-26(27(29,30)31,28(32,33)34)24-17-15-21(16-18-24)20-38(35,36)25-13-6-4-7-14-25/h4,6-9,11-18H,2-3,5,10,19-20H2,1H3. The molecule has 0 aromatic heterocycles. The molecular weight excluding hydrogens is 530 g/mol. The van der Waals surface area contributed by atoms with Gasteiger partial charge in [0.1, 0.15) is 0 Å². The quantitative estimate of drug-likeness (QED) is 0.177. The van der Waals surface area contributed by atoms with E-state index in [4.69, 9.17) is 4.74 Å². The van der Waals surface area contributed by atoms with Crippen molar-refractivity contribution in [3.8, 4) is 0 Å². The Morgan fingerprint density at radius 3 is 1.82 bits per heavy atom. The lowest BCUT2D eigenvalue weighted by Gasteiger charge is -2.37. The lowest BCUT2D eigenvalue weighted by Crippen LogP contribution is -2.55. The van der Waals surface area contributed by atoms with Crippen molar-refractivity contribution < 1.29 is 39.5 Å². The molecule has 3 aromatic rings. The second kappa shape index (κ2) is 11.9. The average molecular weight is 559 g/mol. The lowest BCUT2D eigenvalue weighted by molar-refractivity contribution is -0.392. The lowest BCUT2D eigenvalue weighted by atomic mass is 9.91. The molecule has 3 rings (SSSR count). The number of rotatable bonds is 11. The van der Waals surface area contributed by atoms with E-state index in [1.54, 1.807) is 18.2 Å². The first-order chi connectivity index (χ1) is 17.8. The van der Waals surface area contributed by atoms with Crippen LogP contribution >= 0.6 is 0 Å². The first-order valence-electron chi connectivity index (χ1n) is 12.0. The summed E-state index contributed by atoms with van der Waals surface area (Å²) in [6.45, 7) is 1.07. The molecule has 0 radical (unpaired) electrons. The summed E-state index contributed by atoms with van der Waals surface area (Å²) in [6.07, 6.45) is -8.67. The van der Waals surface area contributed by atoms with Gasteiger partial charge in [0.05, 0.1) is 17.3 Å². The molecule has 0 aliphatic rings. The summed E-state index contributed by atoms with van der Waals surface area (Å²) < 4.78 is 116. The second-order valence-electron chi connectivity index (χ2n) is 8.96. The number of sulfone groups is 1. The SMILES string of the molecule is CCCCCc1ccccc1COC(c1ccc(CS(=O)(=O)c2ccccc2)cc1)(C(F)(F)F)C(F)(F)F. The largest absolute Gasteiger partial charge is 0.430 e. The Balaban J connectivity index is 1.95. The highest BCUT2D eigenvalue weighted by molar-refractivity contribution is 7.90. The number of unbranched alkanes of at least 4 members (excludes halogenated alkanes) is 2. The molecule has 206 valence electrons. The minimum atomic E-state index is -5.85. The van der Waals surface area contributed by atoms with Gasteiger partial charge in [0.2, 0.25) is 0 Å². The third kappa shape index (κ3) is 6.58. The molecule has 38 heavy (non-hydrogen) atoms. The number of ether oxygens (including phenoxy) is 1. The Morgan fingerprint density at radius 1 is 0.711 bits per heavy atom. The molecule has 0 heterocycles. The average Bonchev–Trinajstić information content (AvgIpc) is 2.85. The molecule has 0 aliphatic carbocycles. The molecule has 0 aliphatic heterocycles. The smallest absolute Gasteiger partial charge is 0.349 e. The van der Waals surface area contributed by atoms with Gasteiger partial charge >= 0.3 is 12.4 Å². The van der Waals surface area contributed by atoms with Crippen LogP contribution in [0, 0.1) is 0 Å². The van der Waals surface area contributed by atoms with Crippen LogP contribution in [0.2, 0.25) is 0 Å². The molecule has 3 aromatic carbocycles. The zero-order chi connectivity index (χ0) is 28.0. The van der Waals surface area contributed by atoms with Gasteiger partial charge in [-0.15, -0.1) is 0 Å². The predicted octanol–water partition coefficient (Wildman–Crippen LogP) is 7.93. The van der Waals surface area contributed by atoms with E-state index < -0.39 is 45.7 Å². The Labute approximate surface area is 218 Å². The van der Waals surface area contributed by atoms with Crippen LogP contribution in [-0.2, 0) is 39.0 Å². The molecule has 0 saturated heterocycles. The molecule has 0 bridgehead atoms. The van der Waals surface area contributed by atoms with E-state index in [0.717, 1.165) is 31.4 Å². The van der Waals surface area contributed by atoms with Gasteiger partial charge in [-0.2, -0.15) is 26.3 Å². The summed E-state index contributed by atoms with van der Waals surface area (Å²) in [7, 11) is -3.85. The molecule has 0 spiro atoms. The third-order valence-electron chi connectivity index (χ3n) is 6.23. The monoisotopic (exact) mass is 558 g/mol. The van der Waals surface area contributed by atoms with Crippen LogP contribution in [0.5, 0.6) is 0 Å². The zero-order valence-corrected chi connectivity index (χ0v) is 21.5. The maximum Gasteiger partial charge on any atom is 0.430 e. The Bertz CT molecular complexity index is 1270. The number of hydrogen-bond donors (Lipinski definition) is 0. The fraction of sp³-hybridized carbons (Fsp3) is 0.357. The number of halogens is 6. The van der Waals surface area contributed by atoms with Gasteiger partial charge < -0.3 is 4.74 Å². The summed E-state index contributed by atoms with van der Waals surface area (Å²) in [5.74, 6) is -0.589. The molecular formula is C28H28F6O3S. The summed E-state index contributed by atoms with van der Waals surface area (Å²) in [5, 5.41) is 0. The third-order valence-corrected chi connectivity index (χ3v) is 7.93. The van der Waals surface area contributed by atoms with Crippen LogP contribution in [0.3, 0.4) is 0 Å². The first-order valence-corrected chi connectivity index (χ1v) is 13.7. The van der Waals surface area contributed by atoms with Gasteiger partial charge in [-0.1, -0.05) is 86.5 Å². The second-order valence-corrected chi connectivity index (χ2v) is 10.9. The van der Waals surface area contributed by atoms with Gasteiger partial charge in [0.25, 0.3) is 5.60 Å². The van der Waals surface area contributed by atoms with E-state index in [0.29, 0.717) is 24.1 Å². The topological polar surface area (TPSA) is 43.4 Å². The summed E-state index contributed by atoms with van der Waals surface area (Å²) in [5.41, 5.74) is -4.88. The van der Waals surface area contributed by atoms with E-state index in [2.05, 4.69) is 0 Å². The van der Waals surface area contributed by atoms with Crippen LogP contribution in [0.1, 0.15) is 48.4 Å². The number of alkyl halides is 6. The maximum atomic E-state index is 14.3. The van der Waals surface area contributed by atoms with E-state index in [-0.39, 0.29) is 16.0 Å². The van der Waals surface area contributed by atoms with Gasteiger partial charge in [-0.05, 0) is 41.7 Å². The normalized spacial score (nSPS) is 13.0. The predicted molar refractivity (Wildman–Crippen MR) is 132 cm³/mol. The summed E-state index contributed by atoms with van der Waals surface area (Å²) >= 11 is 0. The molecule has 0 saturated carbocycles. The van der Waals surface area contributed by atoms with Crippen molar-refractivity contribution in [2.45, 2.75) is 67.8 Å². The highest BCUT2D eigenvalue weighted by Gasteiger charge is 2.73. The number of aryl methyl sites for hydroxylation is 1. The van der Waals surface area contributed by atoms with Gasteiger partial charge in [-0.3, -0.25) is 0 Å². The van der Waals surface area contributed by atoms with Crippen molar-refractivity contribution in [2.75, 3.05) is 0 Å². The molecule has 0 amide bonds. The molecule has 0 fully saturated rings. The van der Waals surface area contributed by atoms with Crippen molar-refractivity contribution in [2.24, 2.45) is 0 Å². The van der Waals surface area contributed by atoms with Crippen LogP contribution < -0.4 is 0 Å². The van der Waals surface area contributed by atoms with Crippen LogP contribution in [-0.4, -0.2) is 20.8 Å². The highest BCUT2D eigenvalue weighted by atomic mass is 32.2. The van der Waals surface area contributed by atoms with Crippen LogP contribution in [0.25, 0.3) is 0 Å².